The summed E-state index contributed by atoms with van der Waals surface area (Å²) in [6.45, 7) is 5.26. The number of hydrogen-bond acceptors (Lipinski definition) is 7. The zero-order chi connectivity index (χ0) is 24.8. The van der Waals surface area contributed by atoms with Crippen molar-refractivity contribution in [1.82, 2.24) is 24.9 Å². The van der Waals surface area contributed by atoms with Crippen LogP contribution in [0.4, 0.5) is 11.5 Å². The van der Waals surface area contributed by atoms with Crippen molar-refractivity contribution in [2.45, 2.75) is 57.5 Å². The van der Waals surface area contributed by atoms with E-state index in [1.54, 1.807) is 17.1 Å². The van der Waals surface area contributed by atoms with E-state index < -0.39 is 0 Å². The Hall–Kier alpha value is -3.59. The first-order chi connectivity index (χ1) is 17.5. The molecule has 9 heteroatoms. The number of carbonyl (C=O) groups is 2. The molecule has 2 aromatic heterocycles. The van der Waals surface area contributed by atoms with Gasteiger partial charge in [0, 0.05) is 31.4 Å². The molecular formula is C27H31N7O2. The van der Waals surface area contributed by atoms with Gasteiger partial charge in [0.2, 0.25) is 5.91 Å². The van der Waals surface area contributed by atoms with Gasteiger partial charge in [-0.3, -0.25) is 14.5 Å². The predicted octanol–water partition coefficient (Wildman–Crippen LogP) is 2.73. The van der Waals surface area contributed by atoms with Crippen LogP contribution in [0.5, 0.6) is 0 Å². The first kappa shape index (κ1) is 22.8. The molecule has 2 atom stereocenters. The summed E-state index contributed by atoms with van der Waals surface area (Å²) in [6.07, 6.45) is 7.65. The Balaban J connectivity index is 1.12. The van der Waals surface area contributed by atoms with Crippen molar-refractivity contribution < 1.29 is 9.59 Å². The number of piperazine rings is 1. The molecule has 0 saturated carbocycles. The number of aryl methyl sites for hydroxylation is 1. The van der Waals surface area contributed by atoms with E-state index in [1.807, 2.05) is 30.0 Å². The Kier molecular flexibility index (Phi) is 5.79. The van der Waals surface area contributed by atoms with Crippen LogP contribution in [0.25, 0.3) is 0 Å². The Morgan fingerprint density at radius 3 is 2.92 bits per heavy atom. The second-order valence-electron chi connectivity index (χ2n) is 10.2. The van der Waals surface area contributed by atoms with Gasteiger partial charge >= 0.3 is 0 Å². The fourth-order valence-electron chi connectivity index (χ4n) is 6.13. The van der Waals surface area contributed by atoms with E-state index in [4.69, 9.17) is 5.73 Å². The van der Waals surface area contributed by atoms with Crippen molar-refractivity contribution in [2.75, 3.05) is 30.3 Å². The third-order valence-electron chi connectivity index (χ3n) is 7.99. The van der Waals surface area contributed by atoms with Gasteiger partial charge in [-0.2, -0.15) is 0 Å². The van der Waals surface area contributed by atoms with Gasteiger partial charge in [0.15, 0.2) is 5.78 Å². The summed E-state index contributed by atoms with van der Waals surface area (Å²) in [7, 11) is 0. The van der Waals surface area contributed by atoms with Crippen molar-refractivity contribution in [3.8, 4) is 0 Å². The molecule has 3 aliphatic rings. The lowest BCUT2D eigenvalue weighted by Gasteiger charge is -2.37. The van der Waals surface area contributed by atoms with Crippen LogP contribution >= 0.6 is 0 Å². The maximum Gasteiger partial charge on any atom is 0.244 e. The number of carbonyl (C=O) groups excluding carboxylic acids is 2. The molecule has 0 bridgehead atoms. The molecule has 1 aromatic carbocycles. The maximum absolute atomic E-state index is 13.0. The van der Waals surface area contributed by atoms with E-state index in [0.29, 0.717) is 24.5 Å². The molecule has 1 aliphatic carbocycles. The number of nitrogen functional groups attached to an aromatic ring is 1. The van der Waals surface area contributed by atoms with Crippen molar-refractivity contribution >= 4 is 23.2 Å². The quantitative estimate of drug-likeness (QED) is 0.535. The molecule has 1 unspecified atom stereocenters. The minimum Gasteiger partial charge on any atom is -0.383 e. The van der Waals surface area contributed by atoms with Gasteiger partial charge in [-0.05, 0) is 79.5 Å². The van der Waals surface area contributed by atoms with E-state index in [-0.39, 0.29) is 23.7 Å². The molecule has 9 nitrogen and oxygen atoms in total. The summed E-state index contributed by atoms with van der Waals surface area (Å²) < 4.78 is 1.70. The number of anilines is 2. The molecule has 2 saturated heterocycles. The smallest absolute Gasteiger partial charge is 0.244 e. The third kappa shape index (κ3) is 4.07. The maximum atomic E-state index is 13.0. The van der Waals surface area contributed by atoms with Crippen LogP contribution in [-0.4, -0.2) is 62.2 Å². The Morgan fingerprint density at radius 1 is 1.17 bits per heavy atom. The molecular weight excluding hydrogens is 454 g/mol. The lowest BCUT2D eigenvalue weighted by Crippen LogP contribution is -2.54. The number of aromatic nitrogens is 4. The number of ketones is 1. The standard InChI is InChI=1S/C27H31N7O2/c1-17-13-18(4-7-23(17)34-12-11-32-10-2-3-24(32)27(34)36)15-33-16-22(30-31-33)25(35)14-19-5-6-21-20(19)8-9-29-26(21)28/h4,7-9,13,16,19,24H,2-3,5-6,10-12,14-15H2,1H3,(H2,28,29)/t19-,24?/m0/s1. The minimum atomic E-state index is -0.00872. The highest BCUT2D eigenvalue weighted by molar-refractivity contribution is 5.98. The number of Topliss-reactive ketones (excluding diaryl/α,β-unsaturated/α-hetero) is 1. The number of fused-ring (bicyclic) bond motifs is 2. The summed E-state index contributed by atoms with van der Waals surface area (Å²) in [6, 6.07) is 8.18. The van der Waals surface area contributed by atoms with Crippen molar-refractivity contribution in [3.63, 3.8) is 0 Å². The molecule has 6 rings (SSSR count). The van der Waals surface area contributed by atoms with Crippen LogP contribution in [0, 0.1) is 6.92 Å². The monoisotopic (exact) mass is 485 g/mol. The second kappa shape index (κ2) is 9.13. The molecule has 1 amide bonds. The Labute approximate surface area is 210 Å². The fourth-order valence-corrected chi connectivity index (χ4v) is 6.13. The van der Waals surface area contributed by atoms with Crippen LogP contribution < -0.4 is 10.6 Å². The number of pyridine rings is 1. The summed E-state index contributed by atoms with van der Waals surface area (Å²) in [5, 5.41) is 8.35. The van der Waals surface area contributed by atoms with Gasteiger partial charge in [0.1, 0.15) is 11.5 Å². The van der Waals surface area contributed by atoms with Gasteiger partial charge in [-0.25, -0.2) is 9.67 Å². The average Bonchev–Trinajstić information content (AvgIpc) is 3.61. The van der Waals surface area contributed by atoms with Crippen LogP contribution in [0.3, 0.4) is 0 Å². The zero-order valence-electron chi connectivity index (χ0n) is 20.6. The zero-order valence-corrected chi connectivity index (χ0v) is 20.6. The Morgan fingerprint density at radius 2 is 2.06 bits per heavy atom. The van der Waals surface area contributed by atoms with Crippen LogP contribution in [0.15, 0.2) is 36.7 Å². The number of nitrogens with zero attached hydrogens (tertiary/aromatic N) is 6. The van der Waals surface area contributed by atoms with Gasteiger partial charge in [-0.1, -0.05) is 17.3 Å². The SMILES string of the molecule is Cc1cc(Cn2cc(C(=O)C[C@@H]3CCc4c3ccnc4N)nn2)ccc1N1CCN2CCCC2C1=O. The molecule has 4 heterocycles. The molecule has 0 spiro atoms. The largest absolute Gasteiger partial charge is 0.383 e. The highest BCUT2D eigenvalue weighted by Crippen LogP contribution is 2.38. The van der Waals surface area contributed by atoms with Crippen LogP contribution in [0.2, 0.25) is 0 Å². The molecule has 2 aliphatic heterocycles. The van der Waals surface area contributed by atoms with E-state index in [9.17, 15) is 9.59 Å². The molecule has 0 radical (unpaired) electrons. The lowest BCUT2D eigenvalue weighted by atomic mass is 9.95. The van der Waals surface area contributed by atoms with Crippen molar-refractivity contribution in [3.05, 3.63) is 64.6 Å². The molecule has 186 valence electrons. The van der Waals surface area contributed by atoms with Gasteiger partial charge < -0.3 is 10.6 Å². The van der Waals surface area contributed by atoms with Gasteiger partial charge in [-0.15, -0.1) is 5.10 Å². The van der Waals surface area contributed by atoms with Crippen molar-refractivity contribution in [1.29, 1.82) is 0 Å². The number of rotatable bonds is 6. The summed E-state index contributed by atoms with van der Waals surface area (Å²) in [4.78, 5) is 34.4. The van der Waals surface area contributed by atoms with E-state index >= 15 is 0 Å². The minimum absolute atomic E-state index is 0.00872. The summed E-state index contributed by atoms with van der Waals surface area (Å²) in [5.74, 6) is 0.926. The summed E-state index contributed by atoms with van der Waals surface area (Å²) in [5.41, 5.74) is 11.7. The predicted molar refractivity (Wildman–Crippen MR) is 136 cm³/mol. The van der Waals surface area contributed by atoms with E-state index in [0.717, 1.165) is 73.3 Å². The number of benzene rings is 1. The van der Waals surface area contributed by atoms with Gasteiger partial charge in [0.25, 0.3) is 0 Å². The molecule has 36 heavy (non-hydrogen) atoms. The fraction of sp³-hybridized carbons (Fsp3) is 0.444. The highest BCUT2D eigenvalue weighted by Gasteiger charge is 2.38. The molecule has 2 N–H and O–H groups in total. The average molecular weight is 486 g/mol. The topological polar surface area (TPSA) is 110 Å². The number of hydrogen-bond donors (Lipinski definition) is 1. The number of nitrogens with two attached hydrogens (primary N) is 1. The molecule has 3 aromatic rings. The van der Waals surface area contributed by atoms with Gasteiger partial charge in [0.05, 0.1) is 18.8 Å². The first-order valence-corrected chi connectivity index (χ1v) is 12.8. The van der Waals surface area contributed by atoms with E-state index in [1.165, 1.54) is 0 Å². The van der Waals surface area contributed by atoms with Crippen LogP contribution in [0.1, 0.15) is 64.3 Å². The second-order valence-corrected chi connectivity index (χ2v) is 10.2. The highest BCUT2D eigenvalue weighted by atomic mass is 16.2. The lowest BCUT2D eigenvalue weighted by molar-refractivity contribution is -0.124. The normalized spacial score (nSPS) is 21.6. The first-order valence-electron chi connectivity index (χ1n) is 12.8. The Bertz CT molecular complexity index is 1330. The number of amides is 1. The molecule has 2 fully saturated rings. The van der Waals surface area contributed by atoms with E-state index in [2.05, 4.69) is 26.3 Å². The summed E-state index contributed by atoms with van der Waals surface area (Å²) >= 11 is 0. The third-order valence-corrected chi connectivity index (χ3v) is 7.99. The van der Waals surface area contributed by atoms with Crippen LogP contribution in [-0.2, 0) is 17.8 Å². The van der Waals surface area contributed by atoms with Crippen molar-refractivity contribution in [2.24, 2.45) is 0 Å².